The second-order valence-corrected chi connectivity index (χ2v) is 7.82. The lowest BCUT2D eigenvalue weighted by Crippen LogP contribution is -2.43. The molecule has 32 heavy (non-hydrogen) atoms. The van der Waals surface area contributed by atoms with Gasteiger partial charge in [-0.15, -0.1) is 0 Å². The monoisotopic (exact) mass is 435 g/mol. The van der Waals surface area contributed by atoms with E-state index in [-0.39, 0.29) is 17.6 Å². The van der Waals surface area contributed by atoms with Gasteiger partial charge in [-0.2, -0.15) is 0 Å². The lowest BCUT2D eigenvalue weighted by Gasteiger charge is -2.35. The number of amides is 1. The van der Waals surface area contributed by atoms with Crippen molar-refractivity contribution in [3.63, 3.8) is 0 Å². The summed E-state index contributed by atoms with van der Waals surface area (Å²) in [5.74, 6) is 1.08. The second kappa shape index (κ2) is 10.4. The quantitative estimate of drug-likeness (QED) is 0.579. The van der Waals surface area contributed by atoms with E-state index in [4.69, 9.17) is 14.0 Å². The Kier molecular flexibility index (Phi) is 7.19. The van der Waals surface area contributed by atoms with Gasteiger partial charge in [0.15, 0.2) is 11.5 Å². The molecule has 2 heterocycles. The molecule has 2 aromatic carbocycles. The lowest BCUT2D eigenvalue weighted by molar-refractivity contribution is 0.0162. The molecule has 1 atom stereocenters. The molecular formula is C25H29N3O4. The van der Waals surface area contributed by atoms with Gasteiger partial charge in [0.1, 0.15) is 5.75 Å². The number of benzene rings is 2. The number of morpholine rings is 1. The highest BCUT2D eigenvalue weighted by molar-refractivity contribution is 5.93. The van der Waals surface area contributed by atoms with Gasteiger partial charge in [0.25, 0.3) is 5.91 Å². The van der Waals surface area contributed by atoms with E-state index in [2.05, 4.69) is 46.6 Å². The van der Waals surface area contributed by atoms with Crippen LogP contribution in [0.4, 0.5) is 0 Å². The van der Waals surface area contributed by atoms with Crippen LogP contribution in [-0.2, 0) is 4.74 Å². The fraction of sp³-hybridized carbons (Fsp3) is 0.360. The Morgan fingerprint density at radius 1 is 1.12 bits per heavy atom. The molecule has 0 spiro atoms. The van der Waals surface area contributed by atoms with E-state index >= 15 is 0 Å². The highest BCUT2D eigenvalue weighted by atomic mass is 16.5. The summed E-state index contributed by atoms with van der Waals surface area (Å²) in [6.07, 6.45) is 0. The molecule has 1 amide bonds. The maximum absolute atomic E-state index is 12.8. The van der Waals surface area contributed by atoms with Crippen molar-refractivity contribution in [1.29, 1.82) is 0 Å². The average molecular weight is 436 g/mol. The number of nitrogens with zero attached hydrogens (tertiary/aromatic N) is 2. The van der Waals surface area contributed by atoms with Crippen molar-refractivity contribution < 1.29 is 18.8 Å². The lowest BCUT2D eigenvalue weighted by atomic mass is 10.0. The summed E-state index contributed by atoms with van der Waals surface area (Å²) in [4.78, 5) is 15.2. The number of carbonyl (C=O) groups excluding carboxylic acids is 1. The number of aryl methyl sites for hydroxylation is 1. The van der Waals surface area contributed by atoms with Crippen LogP contribution in [0.25, 0.3) is 11.3 Å². The zero-order valence-corrected chi connectivity index (χ0v) is 18.5. The number of aromatic nitrogens is 1. The van der Waals surface area contributed by atoms with Crippen LogP contribution in [0.5, 0.6) is 5.75 Å². The van der Waals surface area contributed by atoms with Gasteiger partial charge in [-0.05, 0) is 43.7 Å². The minimum atomic E-state index is -0.253. The van der Waals surface area contributed by atoms with Gasteiger partial charge in [0, 0.05) is 31.3 Å². The van der Waals surface area contributed by atoms with Crippen LogP contribution in [0.3, 0.4) is 0 Å². The van der Waals surface area contributed by atoms with Crippen LogP contribution >= 0.6 is 0 Å². The van der Waals surface area contributed by atoms with E-state index in [0.29, 0.717) is 32.1 Å². The topological polar surface area (TPSA) is 76.8 Å². The molecule has 1 fully saturated rings. The third-order valence-electron chi connectivity index (χ3n) is 5.60. The summed E-state index contributed by atoms with van der Waals surface area (Å²) in [7, 11) is 0. The second-order valence-electron chi connectivity index (χ2n) is 7.82. The van der Waals surface area contributed by atoms with Crippen LogP contribution in [0.15, 0.2) is 59.1 Å². The predicted octanol–water partition coefficient (Wildman–Crippen LogP) is 3.85. The molecule has 1 N–H and O–H groups in total. The standard InChI is InChI=1S/C25H29N3O4/c1-3-31-21-10-8-20(9-11-21)24-16-22(27-32-24)25(29)26-17-23(28-12-14-30-15-13-28)19-6-4-18(2)5-7-19/h4-11,16,23H,3,12-15,17H2,1-2H3,(H,26,29). The zero-order valence-electron chi connectivity index (χ0n) is 18.5. The van der Waals surface area contributed by atoms with Crippen molar-refractivity contribution in [1.82, 2.24) is 15.4 Å². The van der Waals surface area contributed by atoms with Crippen LogP contribution < -0.4 is 10.1 Å². The number of carbonyl (C=O) groups is 1. The molecule has 0 aliphatic carbocycles. The molecule has 1 aliphatic heterocycles. The molecule has 1 aromatic heterocycles. The Labute approximate surface area is 188 Å². The number of hydrogen-bond donors (Lipinski definition) is 1. The smallest absolute Gasteiger partial charge is 0.273 e. The largest absolute Gasteiger partial charge is 0.494 e. The summed E-state index contributed by atoms with van der Waals surface area (Å²) >= 11 is 0. The summed E-state index contributed by atoms with van der Waals surface area (Å²) < 4.78 is 16.4. The maximum Gasteiger partial charge on any atom is 0.273 e. The minimum absolute atomic E-state index is 0.0703. The highest BCUT2D eigenvalue weighted by Crippen LogP contribution is 2.24. The van der Waals surface area contributed by atoms with E-state index in [1.807, 2.05) is 31.2 Å². The van der Waals surface area contributed by atoms with E-state index in [0.717, 1.165) is 24.4 Å². The maximum atomic E-state index is 12.8. The number of hydrogen-bond acceptors (Lipinski definition) is 6. The van der Waals surface area contributed by atoms with Crippen LogP contribution in [0, 0.1) is 6.92 Å². The zero-order chi connectivity index (χ0) is 22.3. The number of nitrogens with one attached hydrogen (secondary N) is 1. The molecule has 7 heteroatoms. The Balaban J connectivity index is 1.43. The Bertz CT molecular complexity index is 1010. The van der Waals surface area contributed by atoms with E-state index in [1.165, 1.54) is 11.1 Å². The first kappa shape index (κ1) is 22.0. The van der Waals surface area contributed by atoms with Crippen molar-refractivity contribution >= 4 is 5.91 Å². The van der Waals surface area contributed by atoms with Crippen molar-refractivity contribution in [2.24, 2.45) is 0 Å². The van der Waals surface area contributed by atoms with E-state index < -0.39 is 0 Å². The fourth-order valence-electron chi connectivity index (χ4n) is 3.82. The van der Waals surface area contributed by atoms with Gasteiger partial charge >= 0.3 is 0 Å². The van der Waals surface area contributed by atoms with Gasteiger partial charge in [0.2, 0.25) is 0 Å². The molecule has 0 radical (unpaired) electrons. The number of ether oxygens (including phenoxy) is 2. The molecule has 1 unspecified atom stereocenters. The van der Waals surface area contributed by atoms with Crippen LogP contribution in [-0.4, -0.2) is 55.4 Å². The molecule has 3 aromatic rings. The molecule has 7 nitrogen and oxygen atoms in total. The molecule has 168 valence electrons. The third-order valence-corrected chi connectivity index (χ3v) is 5.60. The summed E-state index contributed by atoms with van der Waals surface area (Å²) in [5.41, 5.74) is 3.49. The summed E-state index contributed by atoms with van der Waals surface area (Å²) in [6, 6.07) is 17.7. The average Bonchev–Trinajstić information content (AvgIpc) is 3.32. The van der Waals surface area contributed by atoms with Crippen molar-refractivity contribution in [2.45, 2.75) is 19.9 Å². The molecule has 1 saturated heterocycles. The molecule has 1 aliphatic rings. The highest BCUT2D eigenvalue weighted by Gasteiger charge is 2.24. The Morgan fingerprint density at radius 3 is 2.53 bits per heavy atom. The fourth-order valence-corrected chi connectivity index (χ4v) is 3.82. The van der Waals surface area contributed by atoms with Crippen molar-refractivity contribution in [3.8, 4) is 17.1 Å². The minimum Gasteiger partial charge on any atom is -0.494 e. The normalized spacial score (nSPS) is 15.3. The van der Waals surface area contributed by atoms with Crippen LogP contribution in [0.1, 0.15) is 34.6 Å². The predicted molar refractivity (Wildman–Crippen MR) is 122 cm³/mol. The number of rotatable bonds is 8. The van der Waals surface area contributed by atoms with E-state index in [9.17, 15) is 4.79 Å². The molecule has 4 rings (SSSR count). The van der Waals surface area contributed by atoms with Gasteiger partial charge in [-0.3, -0.25) is 9.69 Å². The first-order valence-electron chi connectivity index (χ1n) is 11.0. The molecular weight excluding hydrogens is 406 g/mol. The van der Waals surface area contributed by atoms with E-state index in [1.54, 1.807) is 6.07 Å². The Hall–Kier alpha value is -3.16. The molecule has 0 bridgehead atoms. The SMILES string of the molecule is CCOc1ccc(-c2cc(C(=O)NCC(c3ccc(C)cc3)N3CCOCC3)no2)cc1. The van der Waals surface area contributed by atoms with Crippen LogP contribution in [0.2, 0.25) is 0 Å². The van der Waals surface area contributed by atoms with Crippen molar-refractivity contribution in [2.75, 3.05) is 39.5 Å². The molecule has 0 saturated carbocycles. The summed E-state index contributed by atoms with van der Waals surface area (Å²) in [6.45, 7) is 8.17. The van der Waals surface area contributed by atoms with Crippen molar-refractivity contribution in [3.05, 3.63) is 71.4 Å². The van der Waals surface area contributed by atoms with Gasteiger partial charge < -0.3 is 19.3 Å². The van der Waals surface area contributed by atoms with Gasteiger partial charge in [0.05, 0.1) is 25.9 Å². The first-order chi connectivity index (χ1) is 15.6. The van der Waals surface area contributed by atoms with Gasteiger partial charge in [-0.1, -0.05) is 35.0 Å². The van der Waals surface area contributed by atoms with Gasteiger partial charge in [-0.25, -0.2) is 0 Å². The Morgan fingerprint density at radius 2 is 1.84 bits per heavy atom. The third kappa shape index (κ3) is 5.36. The summed E-state index contributed by atoms with van der Waals surface area (Å²) in [5, 5.41) is 7.01. The first-order valence-corrected chi connectivity index (χ1v) is 11.0.